The highest BCUT2D eigenvalue weighted by Crippen LogP contribution is 2.14. The zero-order valence-corrected chi connectivity index (χ0v) is 17.5. The molecule has 2 heteroatoms. The van der Waals surface area contributed by atoms with Crippen molar-refractivity contribution in [2.75, 3.05) is 6.61 Å². The molecule has 0 aliphatic rings. The fourth-order valence-corrected chi connectivity index (χ4v) is 3.19. The summed E-state index contributed by atoms with van der Waals surface area (Å²) in [5.74, 6) is -0.350. The molecule has 0 radical (unpaired) electrons. The van der Waals surface area contributed by atoms with Gasteiger partial charge in [-0.15, -0.1) is 0 Å². The number of allylic oxidation sites excluding steroid dienone is 1. The van der Waals surface area contributed by atoms with Crippen molar-refractivity contribution in [2.45, 2.75) is 116 Å². The zero-order chi connectivity index (χ0) is 19.1. The third kappa shape index (κ3) is 21.0. The van der Waals surface area contributed by atoms with Crippen LogP contribution in [0.15, 0.2) is 24.8 Å². The van der Waals surface area contributed by atoms with Gasteiger partial charge in [-0.2, -0.15) is 0 Å². The van der Waals surface area contributed by atoms with E-state index in [0.29, 0.717) is 6.61 Å². The SMILES string of the molecule is C=CC(=O)OC/C=C/CCCCCCCCCCCCCCCCCC. The third-order valence-corrected chi connectivity index (χ3v) is 4.88. The predicted octanol–water partition coefficient (Wildman–Crippen LogP) is 7.92. The minimum atomic E-state index is -0.350. The fourth-order valence-electron chi connectivity index (χ4n) is 3.19. The summed E-state index contributed by atoms with van der Waals surface area (Å²) in [7, 11) is 0. The summed E-state index contributed by atoms with van der Waals surface area (Å²) in [5, 5.41) is 0. The molecule has 0 aromatic heterocycles. The van der Waals surface area contributed by atoms with Crippen LogP contribution in [0.5, 0.6) is 0 Å². The first-order valence-electron chi connectivity index (χ1n) is 11.3. The van der Waals surface area contributed by atoms with E-state index in [0.717, 1.165) is 6.42 Å². The highest BCUT2D eigenvalue weighted by molar-refractivity contribution is 5.81. The largest absolute Gasteiger partial charge is 0.458 e. The summed E-state index contributed by atoms with van der Waals surface area (Å²) in [6, 6.07) is 0. The topological polar surface area (TPSA) is 26.3 Å². The van der Waals surface area contributed by atoms with Gasteiger partial charge < -0.3 is 4.74 Å². The highest BCUT2D eigenvalue weighted by Gasteiger charge is 1.94. The lowest BCUT2D eigenvalue weighted by atomic mass is 10.0. The van der Waals surface area contributed by atoms with E-state index in [9.17, 15) is 4.79 Å². The van der Waals surface area contributed by atoms with E-state index in [2.05, 4.69) is 19.6 Å². The number of carbonyl (C=O) groups excluding carboxylic acids is 1. The maximum absolute atomic E-state index is 10.8. The van der Waals surface area contributed by atoms with E-state index in [-0.39, 0.29) is 5.97 Å². The molecule has 0 spiro atoms. The highest BCUT2D eigenvalue weighted by atomic mass is 16.5. The summed E-state index contributed by atoms with van der Waals surface area (Å²) in [4.78, 5) is 10.8. The van der Waals surface area contributed by atoms with Gasteiger partial charge in [-0.25, -0.2) is 4.79 Å². The molecule has 0 saturated heterocycles. The Morgan fingerprint density at radius 2 is 1.12 bits per heavy atom. The van der Waals surface area contributed by atoms with Gasteiger partial charge in [0.25, 0.3) is 0 Å². The normalized spacial score (nSPS) is 11.1. The van der Waals surface area contributed by atoms with E-state index in [1.54, 1.807) is 0 Å². The van der Waals surface area contributed by atoms with Crippen molar-refractivity contribution < 1.29 is 9.53 Å². The number of hydrogen-bond acceptors (Lipinski definition) is 2. The van der Waals surface area contributed by atoms with Crippen LogP contribution >= 0.6 is 0 Å². The zero-order valence-electron chi connectivity index (χ0n) is 17.5. The van der Waals surface area contributed by atoms with Gasteiger partial charge in [0, 0.05) is 6.08 Å². The van der Waals surface area contributed by atoms with Crippen LogP contribution in [0, 0.1) is 0 Å². The molecule has 0 saturated carbocycles. The fraction of sp³-hybridized carbons (Fsp3) is 0.792. The van der Waals surface area contributed by atoms with Crippen LogP contribution in [0.25, 0.3) is 0 Å². The number of hydrogen-bond donors (Lipinski definition) is 0. The van der Waals surface area contributed by atoms with Crippen molar-refractivity contribution in [3.63, 3.8) is 0 Å². The third-order valence-electron chi connectivity index (χ3n) is 4.88. The Hall–Kier alpha value is -1.05. The molecule has 26 heavy (non-hydrogen) atoms. The van der Waals surface area contributed by atoms with E-state index in [4.69, 9.17) is 4.74 Å². The summed E-state index contributed by atoms with van der Waals surface area (Å²) >= 11 is 0. The monoisotopic (exact) mass is 364 g/mol. The average molecular weight is 365 g/mol. The molecule has 0 aromatic carbocycles. The molecule has 0 heterocycles. The molecule has 0 rings (SSSR count). The first-order chi connectivity index (χ1) is 12.8. The predicted molar refractivity (Wildman–Crippen MR) is 114 cm³/mol. The van der Waals surface area contributed by atoms with Gasteiger partial charge >= 0.3 is 5.97 Å². The number of ether oxygens (including phenoxy) is 1. The van der Waals surface area contributed by atoms with E-state index >= 15 is 0 Å². The van der Waals surface area contributed by atoms with Gasteiger partial charge in [0.15, 0.2) is 0 Å². The number of carbonyl (C=O) groups is 1. The second kappa shape index (κ2) is 22.0. The van der Waals surface area contributed by atoms with Crippen LogP contribution in [0.2, 0.25) is 0 Å². The number of rotatable bonds is 20. The molecule has 0 N–H and O–H groups in total. The summed E-state index contributed by atoms with van der Waals surface area (Å²) in [6.07, 6.45) is 28.8. The Balaban J connectivity index is 3.08. The molecule has 0 fully saturated rings. The Morgan fingerprint density at radius 3 is 1.54 bits per heavy atom. The number of esters is 1. The lowest BCUT2D eigenvalue weighted by Gasteiger charge is -2.03. The van der Waals surface area contributed by atoms with Crippen LogP contribution in [0.3, 0.4) is 0 Å². The minimum Gasteiger partial charge on any atom is -0.458 e. The van der Waals surface area contributed by atoms with Crippen LogP contribution in [-0.4, -0.2) is 12.6 Å². The van der Waals surface area contributed by atoms with Gasteiger partial charge in [0.05, 0.1) is 0 Å². The maximum Gasteiger partial charge on any atom is 0.330 e. The summed E-state index contributed by atoms with van der Waals surface area (Å²) in [6.45, 7) is 6.01. The van der Waals surface area contributed by atoms with E-state index in [1.165, 1.54) is 109 Å². The molecule has 2 nitrogen and oxygen atoms in total. The van der Waals surface area contributed by atoms with Gasteiger partial charge in [-0.05, 0) is 12.8 Å². The van der Waals surface area contributed by atoms with E-state index < -0.39 is 0 Å². The Bertz CT molecular complexity index is 333. The van der Waals surface area contributed by atoms with Crippen molar-refractivity contribution in [3.05, 3.63) is 24.8 Å². The summed E-state index contributed by atoms with van der Waals surface area (Å²) in [5.41, 5.74) is 0. The molecule has 0 aromatic rings. The molecule has 0 amide bonds. The van der Waals surface area contributed by atoms with E-state index in [1.807, 2.05) is 6.08 Å². The second-order valence-electron chi connectivity index (χ2n) is 7.40. The molecular formula is C24H44O2. The van der Waals surface area contributed by atoms with Crippen molar-refractivity contribution in [1.82, 2.24) is 0 Å². The lowest BCUT2D eigenvalue weighted by molar-refractivity contribution is -0.136. The summed E-state index contributed by atoms with van der Waals surface area (Å²) < 4.78 is 4.88. The van der Waals surface area contributed by atoms with Crippen LogP contribution in [0.4, 0.5) is 0 Å². The van der Waals surface area contributed by atoms with Crippen molar-refractivity contribution in [1.29, 1.82) is 0 Å². The Kier molecular flexibility index (Phi) is 21.1. The van der Waals surface area contributed by atoms with Gasteiger partial charge in [-0.1, -0.05) is 122 Å². The lowest BCUT2D eigenvalue weighted by Crippen LogP contribution is -1.98. The van der Waals surface area contributed by atoms with Crippen molar-refractivity contribution >= 4 is 5.97 Å². The second-order valence-corrected chi connectivity index (χ2v) is 7.40. The molecule has 0 aliphatic carbocycles. The Labute approximate surface area is 163 Å². The molecule has 0 aliphatic heterocycles. The molecular weight excluding hydrogens is 320 g/mol. The molecule has 152 valence electrons. The van der Waals surface area contributed by atoms with Crippen LogP contribution in [-0.2, 0) is 9.53 Å². The van der Waals surface area contributed by atoms with Gasteiger partial charge in [0.2, 0.25) is 0 Å². The molecule has 0 unspecified atom stereocenters. The smallest absolute Gasteiger partial charge is 0.330 e. The molecule has 0 atom stereocenters. The standard InChI is InChI=1S/C24H44O2/c1-3-5-6-7-8-9-10-11-12-13-14-15-16-17-18-19-20-21-22-23-26-24(25)4-2/h4,21-22H,2-3,5-20,23H2,1H3/b22-21+. The first-order valence-corrected chi connectivity index (χ1v) is 11.3. The first kappa shape index (κ1) is 24.9. The number of unbranched alkanes of at least 4 members (excludes halogenated alkanes) is 16. The average Bonchev–Trinajstić information content (AvgIpc) is 2.66. The van der Waals surface area contributed by atoms with Gasteiger partial charge in [0.1, 0.15) is 6.61 Å². The minimum absolute atomic E-state index is 0.350. The van der Waals surface area contributed by atoms with Crippen LogP contribution in [0.1, 0.15) is 116 Å². The Morgan fingerprint density at radius 1 is 0.692 bits per heavy atom. The molecule has 0 bridgehead atoms. The van der Waals surface area contributed by atoms with Crippen LogP contribution < -0.4 is 0 Å². The van der Waals surface area contributed by atoms with Gasteiger partial charge in [-0.3, -0.25) is 0 Å². The maximum atomic E-state index is 10.8. The quantitative estimate of drug-likeness (QED) is 0.0948. The van der Waals surface area contributed by atoms with Crippen molar-refractivity contribution in [3.8, 4) is 0 Å². The van der Waals surface area contributed by atoms with Crippen molar-refractivity contribution in [2.24, 2.45) is 0 Å².